The molecule has 60 valence electrons. The number of hydrogen-bond donors (Lipinski definition) is 2. The molecule has 0 bridgehead atoms. The van der Waals surface area contributed by atoms with Crippen LogP contribution in [0.3, 0.4) is 0 Å². The van der Waals surface area contributed by atoms with Gasteiger partial charge in [0.15, 0.2) is 0 Å². The van der Waals surface area contributed by atoms with Crippen LogP contribution >= 0.6 is 24.8 Å². The van der Waals surface area contributed by atoms with Crippen LogP contribution in [0.4, 0.5) is 0 Å². The molecule has 2 N–H and O–H groups in total. The van der Waals surface area contributed by atoms with Gasteiger partial charge in [-0.2, -0.15) is 8.42 Å². The predicted molar refractivity (Wildman–Crippen MR) is 54.3 cm³/mol. The second kappa shape index (κ2) is 18.5. The molecule has 10 heteroatoms. The van der Waals surface area contributed by atoms with E-state index in [4.69, 9.17) is 17.5 Å². The van der Waals surface area contributed by atoms with Crippen LogP contribution in [0.1, 0.15) is 0 Å². The van der Waals surface area contributed by atoms with Crippen molar-refractivity contribution in [1.82, 2.24) is 0 Å². The fourth-order valence-corrected chi connectivity index (χ4v) is 0. The van der Waals surface area contributed by atoms with E-state index in [0.29, 0.717) is 0 Å². The normalized spacial score (nSPS) is 5.80. The molecular formula is H10Ca2Cl2MgO4S. The smallest absolute Gasteiger partial charge is 0.316 e. The Morgan fingerprint density at radius 2 is 0.900 bits per heavy atom. The third-order valence-corrected chi connectivity index (χ3v) is 0. The molecule has 0 amide bonds. The molecule has 0 fully saturated rings. The van der Waals surface area contributed by atoms with Gasteiger partial charge in [0.1, 0.15) is 0 Å². The van der Waals surface area contributed by atoms with Crippen molar-refractivity contribution >= 4 is 134 Å². The Kier molecular flexibility index (Phi) is 68.9. The number of hydrogen-bond acceptors (Lipinski definition) is 2. The summed E-state index contributed by atoms with van der Waals surface area (Å²) in [6, 6.07) is 0. The van der Waals surface area contributed by atoms with Gasteiger partial charge >= 0.3 is 109 Å². The van der Waals surface area contributed by atoms with Gasteiger partial charge in [0, 0.05) is 0 Å². The molecule has 0 aromatic rings. The van der Waals surface area contributed by atoms with Gasteiger partial charge in [0.05, 0.1) is 0 Å². The Hall–Kier alpha value is 3.74. The first-order chi connectivity index (χ1) is 2.00. The van der Waals surface area contributed by atoms with Crippen LogP contribution in [0, 0.1) is 0 Å². The summed E-state index contributed by atoms with van der Waals surface area (Å²) < 4.78 is 31.6. The van der Waals surface area contributed by atoms with Crippen LogP contribution in [0.15, 0.2) is 0 Å². The zero-order chi connectivity index (χ0) is 4.50. The largest absolute Gasteiger partial charge is 0.316 e. The minimum atomic E-state index is -4.67. The standard InChI is InChI=1S/2Ca.2ClH.Mg.H2O4S.6H/c;;;;;1-5(2,3)4;;;;;;/h;;2*1H;;(H2,1,2,3,4);;;;;;. The molecule has 0 saturated carbocycles. The molecule has 0 aliphatic rings. The van der Waals surface area contributed by atoms with Crippen molar-refractivity contribution in [3.8, 4) is 0 Å². The summed E-state index contributed by atoms with van der Waals surface area (Å²) in [6.07, 6.45) is 0. The fraction of sp³-hybridized carbons (Fsp3) is 0. The minimum absolute atomic E-state index is 0. The maximum Gasteiger partial charge on any atom is 0.316 e. The molecule has 4 nitrogen and oxygen atoms in total. The third kappa shape index (κ3) is 96.9. The van der Waals surface area contributed by atoms with Gasteiger partial charge in [0.2, 0.25) is 0 Å². The van der Waals surface area contributed by atoms with E-state index in [1.54, 1.807) is 0 Å². The van der Waals surface area contributed by atoms with Gasteiger partial charge in [-0.1, -0.05) is 0 Å². The first-order valence-corrected chi connectivity index (χ1v) is 2.10. The Balaban J connectivity index is -0.00000000800. The molecule has 0 aromatic heterocycles. The van der Waals surface area contributed by atoms with Crippen LogP contribution in [-0.2, 0) is 10.4 Å². The summed E-state index contributed by atoms with van der Waals surface area (Å²) in [4.78, 5) is 0. The van der Waals surface area contributed by atoms with Crippen molar-refractivity contribution in [2.24, 2.45) is 0 Å². The molecule has 0 aliphatic heterocycles. The van der Waals surface area contributed by atoms with E-state index in [1.807, 2.05) is 0 Å². The van der Waals surface area contributed by atoms with E-state index in [9.17, 15) is 0 Å². The maximum atomic E-state index is 8.74. The Bertz CT molecular complexity index is 104. The Morgan fingerprint density at radius 1 is 0.900 bits per heavy atom. The number of rotatable bonds is 0. The quantitative estimate of drug-likeness (QED) is 0.378. The van der Waals surface area contributed by atoms with E-state index in [2.05, 4.69) is 0 Å². The Labute approximate surface area is 148 Å². The molecule has 0 aromatic carbocycles. The van der Waals surface area contributed by atoms with Crippen molar-refractivity contribution in [2.45, 2.75) is 0 Å². The van der Waals surface area contributed by atoms with Crippen molar-refractivity contribution in [3.05, 3.63) is 0 Å². The van der Waals surface area contributed by atoms with Gasteiger partial charge in [-0.25, -0.2) is 0 Å². The molecule has 0 atom stereocenters. The molecule has 0 rings (SSSR count). The first kappa shape index (κ1) is 37.2. The Morgan fingerprint density at radius 3 is 0.900 bits per heavy atom. The molecule has 0 heterocycles. The summed E-state index contributed by atoms with van der Waals surface area (Å²) in [6.45, 7) is 0. The average Bonchev–Trinajstić information content (AvgIpc) is 0.722. The SMILES string of the molecule is Cl.Cl.O=S(=O)(O)O.[CaH2].[CaH2].[MgH2]. The molecule has 10 heavy (non-hydrogen) atoms. The van der Waals surface area contributed by atoms with Crippen LogP contribution in [0.2, 0.25) is 0 Å². The molecule has 0 radical (unpaired) electrons. The second-order valence-electron chi connectivity index (χ2n) is 0.448. The van der Waals surface area contributed by atoms with Crippen LogP contribution in [0.5, 0.6) is 0 Å². The predicted octanol–water partition coefficient (Wildman–Crippen LogP) is -2.56. The van der Waals surface area contributed by atoms with Crippen molar-refractivity contribution in [1.29, 1.82) is 0 Å². The maximum absolute atomic E-state index is 8.74. The molecular weight excluding hydrogens is 271 g/mol. The van der Waals surface area contributed by atoms with Crippen LogP contribution < -0.4 is 0 Å². The van der Waals surface area contributed by atoms with E-state index in [0.717, 1.165) is 0 Å². The van der Waals surface area contributed by atoms with E-state index < -0.39 is 10.4 Å². The van der Waals surface area contributed by atoms with Crippen molar-refractivity contribution in [2.75, 3.05) is 0 Å². The van der Waals surface area contributed by atoms with Gasteiger partial charge < -0.3 is 0 Å². The minimum Gasteiger partial charge on any atom is 0.316 e. The topological polar surface area (TPSA) is 74.6 Å². The fourth-order valence-electron chi connectivity index (χ4n) is 0. The van der Waals surface area contributed by atoms with Crippen LogP contribution in [0.25, 0.3) is 0 Å². The molecule has 0 aliphatic carbocycles. The van der Waals surface area contributed by atoms with Gasteiger partial charge in [0.25, 0.3) is 0 Å². The zero-order valence-electron chi connectivity index (χ0n) is 2.94. The zero-order valence-corrected chi connectivity index (χ0v) is 5.39. The van der Waals surface area contributed by atoms with Crippen LogP contribution in [-0.4, -0.2) is 116 Å². The van der Waals surface area contributed by atoms with E-state index in [1.165, 1.54) is 0 Å². The summed E-state index contributed by atoms with van der Waals surface area (Å²) in [5.41, 5.74) is 0. The van der Waals surface area contributed by atoms with E-state index in [-0.39, 0.29) is 123 Å². The van der Waals surface area contributed by atoms with Crippen molar-refractivity contribution in [3.63, 3.8) is 0 Å². The summed E-state index contributed by atoms with van der Waals surface area (Å²) in [5.74, 6) is 0. The first-order valence-electron chi connectivity index (χ1n) is 0.698. The van der Waals surface area contributed by atoms with Gasteiger partial charge in [-0.3, -0.25) is 9.11 Å². The number of halogens is 2. The monoisotopic (exact) mass is 280 g/mol. The molecule has 0 unspecified atom stereocenters. The van der Waals surface area contributed by atoms with Gasteiger partial charge in [-0.15, -0.1) is 24.8 Å². The summed E-state index contributed by atoms with van der Waals surface area (Å²) in [5, 5.41) is 0. The molecule has 0 spiro atoms. The van der Waals surface area contributed by atoms with E-state index >= 15 is 0 Å². The summed E-state index contributed by atoms with van der Waals surface area (Å²) in [7, 11) is -4.67. The third-order valence-electron chi connectivity index (χ3n) is 0. The summed E-state index contributed by atoms with van der Waals surface area (Å²) >= 11 is 0. The average molecular weight is 282 g/mol. The van der Waals surface area contributed by atoms with Gasteiger partial charge in [-0.05, 0) is 0 Å². The molecule has 0 saturated heterocycles. The second-order valence-corrected chi connectivity index (χ2v) is 1.34. The van der Waals surface area contributed by atoms with Crippen molar-refractivity contribution < 1.29 is 17.5 Å².